The lowest BCUT2D eigenvalue weighted by Crippen LogP contribution is -2.49. The monoisotopic (exact) mass is 257 g/mol. The van der Waals surface area contributed by atoms with Crippen LogP contribution in [0.15, 0.2) is 0 Å². The number of aliphatic carboxylic acids is 1. The second-order valence-electron chi connectivity index (χ2n) is 4.87. The lowest BCUT2D eigenvalue weighted by Gasteiger charge is -2.38. The molecule has 1 heterocycles. The molecule has 2 atom stereocenters. The zero-order chi connectivity index (χ0) is 13.1. The van der Waals surface area contributed by atoms with E-state index in [9.17, 15) is 9.59 Å². The van der Waals surface area contributed by atoms with Gasteiger partial charge in [-0.25, -0.2) is 4.79 Å². The summed E-state index contributed by atoms with van der Waals surface area (Å²) >= 11 is 0. The highest BCUT2D eigenvalue weighted by Gasteiger charge is 2.39. The quantitative estimate of drug-likeness (QED) is 0.723. The van der Waals surface area contributed by atoms with Gasteiger partial charge < -0.3 is 19.8 Å². The van der Waals surface area contributed by atoms with Crippen LogP contribution in [0.1, 0.15) is 32.1 Å². The second kappa shape index (κ2) is 5.67. The Balaban J connectivity index is 1.94. The fourth-order valence-electron chi connectivity index (χ4n) is 2.46. The summed E-state index contributed by atoms with van der Waals surface area (Å²) in [7, 11) is 0. The topological polar surface area (TPSA) is 87.1 Å². The highest BCUT2D eigenvalue weighted by Crippen LogP contribution is 2.28. The van der Waals surface area contributed by atoms with E-state index in [1.54, 1.807) is 4.90 Å². The van der Waals surface area contributed by atoms with Crippen LogP contribution in [0.2, 0.25) is 0 Å². The van der Waals surface area contributed by atoms with Crippen LogP contribution >= 0.6 is 0 Å². The first-order chi connectivity index (χ1) is 8.63. The van der Waals surface area contributed by atoms with Crippen LogP contribution in [0.3, 0.4) is 0 Å². The minimum absolute atomic E-state index is 0.0721. The van der Waals surface area contributed by atoms with Crippen molar-refractivity contribution in [1.82, 2.24) is 4.90 Å². The zero-order valence-electron chi connectivity index (χ0n) is 10.2. The summed E-state index contributed by atoms with van der Waals surface area (Å²) in [6, 6.07) is 0.192. The normalized spacial score (nSPS) is 27.8. The van der Waals surface area contributed by atoms with Crippen LogP contribution in [0.5, 0.6) is 0 Å². The molecule has 1 aliphatic carbocycles. The standard InChI is InChI=1S/C12H19NO5/c14-7-6-13(8-2-1-3-8)11(15)9-4-5-10(18-9)12(16)17/h8-10,14H,1-7H2,(H,16,17). The number of carbonyl (C=O) groups is 2. The maximum atomic E-state index is 12.2. The number of carboxylic acid groups (broad SMARTS) is 1. The third-order valence-electron chi connectivity index (χ3n) is 3.71. The Morgan fingerprint density at radius 2 is 1.83 bits per heavy atom. The molecule has 0 spiro atoms. The molecular formula is C12H19NO5. The highest BCUT2D eigenvalue weighted by atomic mass is 16.5. The summed E-state index contributed by atoms with van der Waals surface area (Å²) in [4.78, 5) is 24.7. The van der Waals surface area contributed by atoms with Crippen LogP contribution in [0.4, 0.5) is 0 Å². The van der Waals surface area contributed by atoms with Gasteiger partial charge in [-0.15, -0.1) is 0 Å². The van der Waals surface area contributed by atoms with Crippen molar-refractivity contribution in [3.05, 3.63) is 0 Å². The van der Waals surface area contributed by atoms with Crippen LogP contribution in [0, 0.1) is 0 Å². The average Bonchev–Trinajstić information content (AvgIpc) is 2.74. The molecular weight excluding hydrogens is 238 g/mol. The molecule has 0 aromatic rings. The van der Waals surface area contributed by atoms with Gasteiger partial charge in [-0.2, -0.15) is 0 Å². The molecule has 1 amide bonds. The van der Waals surface area contributed by atoms with Crippen molar-refractivity contribution in [3.8, 4) is 0 Å². The molecule has 2 fully saturated rings. The minimum Gasteiger partial charge on any atom is -0.479 e. The predicted octanol–water partition coefficient (Wildman–Crippen LogP) is -0.00800. The molecule has 2 unspecified atom stereocenters. The Morgan fingerprint density at radius 1 is 1.17 bits per heavy atom. The van der Waals surface area contributed by atoms with E-state index in [1.807, 2.05) is 0 Å². The molecule has 2 N–H and O–H groups in total. The Labute approximate surface area is 106 Å². The SMILES string of the molecule is O=C(O)C1CCC(C(=O)N(CCO)C2CCC2)O1. The molecule has 2 rings (SSSR count). The van der Waals surface area contributed by atoms with E-state index in [-0.39, 0.29) is 18.6 Å². The van der Waals surface area contributed by atoms with E-state index in [2.05, 4.69) is 0 Å². The fourth-order valence-corrected chi connectivity index (χ4v) is 2.46. The van der Waals surface area contributed by atoms with Crippen LogP contribution in [-0.2, 0) is 14.3 Å². The predicted molar refractivity (Wildman–Crippen MR) is 62.0 cm³/mol. The summed E-state index contributed by atoms with van der Waals surface area (Å²) in [5.41, 5.74) is 0. The summed E-state index contributed by atoms with van der Waals surface area (Å²) in [6.45, 7) is 0.235. The summed E-state index contributed by atoms with van der Waals surface area (Å²) in [5.74, 6) is -1.18. The van der Waals surface area contributed by atoms with Crippen LogP contribution in [0.25, 0.3) is 0 Å². The lowest BCUT2D eigenvalue weighted by molar-refractivity contribution is -0.156. The number of carbonyl (C=O) groups excluding carboxylic acids is 1. The molecule has 2 aliphatic rings. The van der Waals surface area contributed by atoms with Gasteiger partial charge >= 0.3 is 5.97 Å². The van der Waals surface area contributed by atoms with Crippen LogP contribution in [-0.4, -0.2) is 58.4 Å². The van der Waals surface area contributed by atoms with Crippen molar-refractivity contribution in [3.63, 3.8) is 0 Å². The molecule has 1 saturated heterocycles. The first-order valence-electron chi connectivity index (χ1n) is 6.43. The summed E-state index contributed by atoms with van der Waals surface area (Å²) < 4.78 is 5.26. The molecule has 102 valence electrons. The van der Waals surface area contributed by atoms with Gasteiger partial charge in [0.1, 0.15) is 6.10 Å². The Bertz CT molecular complexity index is 328. The number of nitrogens with zero attached hydrogens (tertiary/aromatic N) is 1. The number of rotatable bonds is 5. The van der Waals surface area contributed by atoms with Crippen molar-refractivity contribution < 1.29 is 24.5 Å². The van der Waals surface area contributed by atoms with Gasteiger partial charge in [0.05, 0.1) is 6.61 Å². The maximum Gasteiger partial charge on any atom is 0.332 e. The maximum absolute atomic E-state index is 12.2. The number of amides is 1. The molecule has 0 aromatic carbocycles. The molecule has 0 bridgehead atoms. The molecule has 0 radical (unpaired) electrons. The van der Waals surface area contributed by atoms with E-state index < -0.39 is 18.2 Å². The van der Waals surface area contributed by atoms with E-state index in [0.29, 0.717) is 19.4 Å². The number of hydrogen-bond acceptors (Lipinski definition) is 4. The smallest absolute Gasteiger partial charge is 0.332 e. The van der Waals surface area contributed by atoms with Crippen molar-refractivity contribution in [2.45, 2.75) is 50.4 Å². The Hall–Kier alpha value is -1.14. The number of carboxylic acids is 1. The van der Waals surface area contributed by atoms with Crippen molar-refractivity contribution in [1.29, 1.82) is 0 Å². The second-order valence-corrected chi connectivity index (χ2v) is 4.87. The van der Waals surface area contributed by atoms with E-state index in [0.717, 1.165) is 19.3 Å². The average molecular weight is 257 g/mol. The number of ether oxygens (including phenoxy) is 1. The van der Waals surface area contributed by atoms with Gasteiger partial charge in [-0.05, 0) is 32.1 Å². The molecule has 1 aliphatic heterocycles. The van der Waals surface area contributed by atoms with Crippen molar-refractivity contribution in [2.75, 3.05) is 13.2 Å². The highest BCUT2D eigenvalue weighted by molar-refractivity contribution is 5.83. The Morgan fingerprint density at radius 3 is 2.28 bits per heavy atom. The minimum atomic E-state index is -1.01. The fraction of sp³-hybridized carbons (Fsp3) is 0.833. The summed E-state index contributed by atoms with van der Waals surface area (Å²) in [6.07, 6.45) is 2.33. The third kappa shape index (κ3) is 2.64. The number of hydrogen-bond donors (Lipinski definition) is 2. The van der Waals surface area contributed by atoms with Gasteiger partial charge in [0.15, 0.2) is 6.10 Å². The molecule has 6 heteroatoms. The van der Waals surface area contributed by atoms with Crippen LogP contribution < -0.4 is 0 Å². The molecule has 6 nitrogen and oxygen atoms in total. The first kappa shape index (κ1) is 13.3. The van der Waals surface area contributed by atoms with E-state index in [4.69, 9.17) is 14.9 Å². The van der Waals surface area contributed by atoms with Gasteiger partial charge in [0, 0.05) is 12.6 Å². The van der Waals surface area contributed by atoms with Gasteiger partial charge in [0.2, 0.25) is 0 Å². The third-order valence-corrected chi connectivity index (χ3v) is 3.71. The molecule has 18 heavy (non-hydrogen) atoms. The largest absolute Gasteiger partial charge is 0.479 e. The van der Waals surface area contributed by atoms with Gasteiger partial charge in [-0.1, -0.05) is 0 Å². The Kier molecular flexibility index (Phi) is 4.19. The summed E-state index contributed by atoms with van der Waals surface area (Å²) in [5, 5.41) is 17.8. The number of aliphatic hydroxyl groups excluding tert-OH is 1. The molecule has 1 saturated carbocycles. The lowest BCUT2D eigenvalue weighted by atomic mass is 9.91. The first-order valence-corrected chi connectivity index (χ1v) is 6.43. The van der Waals surface area contributed by atoms with Gasteiger partial charge in [-0.3, -0.25) is 4.79 Å². The zero-order valence-corrected chi connectivity index (χ0v) is 10.2. The molecule has 0 aromatic heterocycles. The van der Waals surface area contributed by atoms with Crippen molar-refractivity contribution >= 4 is 11.9 Å². The van der Waals surface area contributed by atoms with Gasteiger partial charge in [0.25, 0.3) is 5.91 Å². The van der Waals surface area contributed by atoms with Crippen molar-refractivity contribution in [2.24, 2.45) is 0 Å². The van der Waals surface area contributed by atoms with E-state index in [1.165, 1.54) is 0 Å². The number of aliphatic hydroxyl groups is 1. The van der Waals surface area contributed by atoms with E-state index >= 15 is 0 Å².